The summed E-state index contributed by atoms with van der Waals surface area (Å²) in [5.41, 5.74) is -7.24. The number of alkyl halides is 6. The summed E-state index contributed by atoms with van der Waals surface area (Å²) in [5.74, 6) is 0. The van der Waals surface area contributed by atoms with Crippen molar-refractivity contribution in [3.8, 4) is 0 Å². The average molecular weight is 412 g/mol. The van der Waals surface area contributed by atoms with E-state index >= 15 is 4.20 Å². The Morgan fingerprint density at radius 1 is 0.815 bits per heavy atom. The second-order valence-electron chi connectivity index (χ2n) is 6.71. The van der Waals surface area contributed by atoms with Crippen LogP contribution in [0.2, 0.25) is 0 Å². The molecule has 0 saturated carbocycles. The van der Waals surface area contributed by atoms with Crippen LogP contribution in [0.25, 0.3) is 0 Å². The first-order chi connectivity index (χ1) is 12.3. The van der Waals surface area contributed by atoms with E-state index in [4.69, 9.17) is 4.52 Å². The zero-order valence-electron chi connectivity index (χ0n) is 14.3. The molecule has 2 aromatic rings. The summed E-state index contributed by atoms with van der Waals surface area (Å²) in [6.07, 6.45) is -11.8. The fourth-order valence-electron chi connectivity index (χ4n) is 3.65. The van der Waals surface area contributed by atoms with Crippen LogP contribution in [-0.2, 0) is 10.1 Å². The van der Waals surface area contributed by atoms with Crippen LogP contribution < -0.4 is 10.6 Å². The monoisotopic (exact) mass is 412 g/mol. The molecule has 27 heavy (non-hydrogen) atoms. The van der Waals surface area contributed by atoms with Gasteiger partial charge in [-0.25, -0.2) is 0 Å². The molecule has 0 unspecified atom stereocenters. The topological polar surface area (TPSA) is 9.23 Å². The molecule has 1 nitrogen and oxygen atoms in total. The van der Waals surface area contributed by atoms with Crippen molar-refractivity contribution in [1.29, 1.82) is 0 Å². The summed E-state index contributed by atoms with van der Waals surface area (Å²) in [7, 11) is -5.81. The second-order valence-corrected chi connectivity index (χ2v) is 10.9. The SMILES string of the molecule is CC(C)P1(F)(c2ccccc2)OC(C(F)(F)F)(C(F)(F)F)c2ccccc21. The van der Waals surface area contributed by atoms with Crippen molar-refractivity contribution in [2.24, 2.45) is 0 Å². The van der Waals surface area contributed by atoms with E-state index in [1.54, 1.807) is 0 Å². The van der Waals surface area contributed by atoms with Gasteiger partial charge < -0.3 is 0 Å². The predicted octanol–water partition coefficient (Wildman–Crippen LogP) is 5.75. The van der Waals surface area contributed by atoms with Crippen LogP contribution >= 0.6 is 7.14 Å². The fourth-order valence-corrected chi connectivity index (χ4v) is 8.11. The average Bonchev–Trinajstić information content (AvgIpc) is 2.86. The van der Waals surface area contributed by atoms with Gasteiger partial charge in [-0.2, -0.15) is 0 Å². The quantitative estimate of drug-likeness (QED) is 0.451. The summed E-state index contributed by atoms with van der Waals surface area (Å²) in [6, 6.07) is 10.4. The Morgan fingerprint density at radius 3 is 1.78 bits per heavy atom. The number of fused-ring (bicyclic) bond motifs is 1. The first-order valence-electron chi connectivity index (χ1n) is 8.04. The van der Waals surface area contributed by atoms with Crippen molar-refractivity contribution < 1.29 is 35.1 Å². The van der Waals surface area contributed by atoms with Crippen LogP contribution in [0.5, 0.6) is 0 Å². The van der Waals surface area contributed by atoms with Crippen LogP contribution in [0.4, 0.5) is 30.5 Å². The van der Waals surface area contributed by atoms with Gasteiger partial charge in [0.25, 0.3) is 0 Å². The second kappa shape index (κ2) is 5.67. The molecule has 2 aromatic carbocycles. The molecule has 1 aliphatic rings. The molecule has 3 rings (SSSR count). The summed E-state index contributed by atoms with van der Waals surface area (Å²) in [5, 5.41) is -0.972. The molecule has 0 amide bonds. The van der Waals surface area contributed by atoms with E-state index in [1.165, 1.54) is 50.2 Å². The first-order valence-corrected chi connectivity index (χ1v) is 10.2. The molecule has 0 spiro atoms. The van der Waals surface area contributed by atoms with Crippen molar-refractivity contribution in [1.82, 2.24) is 0 Å². The van der Waals surface area contributed by atoms with Crippen molar-refractivity contribution in [2.45, 2.75) is 37.5 Å². The van der Waals surface area contributed by atoms with E-state index < -0.39 is 41.6 Å². The van der Waals surface area contributed by atoms with Crippen molar-refractivity contribution >= 4 is 17.8 Å². The Kier molecular flexibility index (Phi) is 4.22. The van der Waals surface area contributed by atoms with Crippen LogP contribution in [-0.4, -0.2) is 18.0 Å². The third-order valence-electron chi connectivity index (χ3n) is 5.01. The molecule has 0 aliphatic carbocycles. The summed E-state index contributed by atoms with van der Waals surface area (Å²) >= 11 is 0. The van der Waals surface area contributed by atoms with Gasteiger partial charge in [-0.05, 0) is 0 Å². The Bertz CT molecular complexity index is 848. The molecule has 1 aliphatic heterocycles. The normalized spacial score (nSPS) is 22.1. The Balaban J connectivity index is 2.52. The van der Waals surface area contributed by atoms with E-state index in [2.05, 4.69) is 0 Å². The van der Waals surface area contributed by atoms with Gasteiger partial charge in [0.15, 0.2) is 0 Å². The summed E-state index contributed by atoms with van der Waals surface area (Å²) in [4.78, 5) is 0. The molecule has 1 heterocycles. The first kappa shape index (κ1) is 20.1. The zero-order valence-corrected chi connectivity index (χ0v) is 15.2. The van der Waals surface area contributed by atoms with Gasteiger partial charge in [0.1, 0.15) is 0 Å². The maximum absolute atomic E-state index is 17.0. The Labute approximate surface area is 151 Å². The summed E-state index contributed by atoms with van der Waals surface area (Å²) < 4.78 is 105. The van der Waals surface area contributed by atoms with Crippen molar-refractivity contribution in [3.63, 3.8) is 0 Å². The molecule has 0 saturated heterocycles. The van der Waals surface area contributed by atoms with Gasteiger partial charge in [-0.1, -0.05) is 0 Å². The van der Waals surface area contributed by atoms with Gasteiger partial charge in [-0.3, -0.25) is 0 Å². The van der Waals surface area contributed by atoms with Gasteiger partial charge in [0.05, 0.1) is 0 Å². The molecule has 0 fully saturated rings. The number of benzene rings is 2. The fraction of sp³-hybridized carbons (Fsp3) is 0.333. The van der Waals surface area contributed by atoms with E-state index in [9.17, 15) is 26.3 Å². The van der Waals surface area contributed by atoms with Gasteiger partial charge in [-0.15, -0.1) is 0 Å². The Morgan fingerprint density at radius 2 is 1.30 bits per heavy atom. The molecule has 0 atom stereocenters. The third kappa shape index (κ3) is 2.32. The number of hydrogen-bond donors (Lipinski definition) is 0. The number of rotatable bonds is 2. The third-order valence-corrected chi connectivity index (χ3v) is 10.0. The molecule has 9 heteroatoms. The molecular weight excluding hydrogens is 396 g/mol. The van der Waals surface area contributed by atoms with Gasteiger partial charge >= 0.3 is 150 Å². The molecular formula is C18H16F7OP. The van der Waals surface area contributed by atoms with Gasteiger partial charge in [0, 0.05) is 0 Å². The maximum atomic E-state index is 17.0. The number of hydrogen-bond acceptors (Lipinski definition) is 1. The molecule has 0 aromatic heterocycles. The van der Waals surface area contributed by atoms with Crippen molar-refractivity contribution in [2.75, 3.05) is 0 Å². The van der Waals surface area contributed by atoms with Crippen LogP contribution in [0.3, 0.4) is 0 Å². The predicted molar refractivity (Wildman–Crippen MR) is 90.2 cm³/mol. The molecule has 0 N–H and O–H groups in total. The minimum atomic E-state index is -5.91. The van der Waals surface area contributed by atoms with Crippen LogP contribution in [0.15, 0.2) is 54.6 Å². The molecule has 0 radical (unpaired) electrons. The van der Waals surface area contributed by atoms with Crippen LogP contribution in [0.1, 0.15) is 19.4 Å². The standard InChI is InChI=1S/C18H16F7OP/c1-12(2)27(25,13-8-4-3-5-9-13)15-11-7-6-10-14(15)16(26-27,17(19,20)21)18(22,23)24/h3-12H,1-2H3. The van der Waals surface area contributed by atoms with Crippen LogP contribution in [0, 0.1) is 0 Å². The zero-order chi connectivity index (χ0) is 20.3. The van der Waals surface area contributed by atoms with E-state index in [1.807, 2.05) is 0 Å². The molecule has 0 bridgehead atoms. The minimum absolute atomic E-state index is 0.304. The van der Waals surface area contributed by atoms with E-state index in [0.717, 1.165) is 12.1 Å². The number of halogens is 7. The van der Waals surface area contributed by atoms with Crippen molar-refractivity contribution in [3.05, 3.63) is 60.2 Å². The summed E-state index contributed by atoms with van der Waals surface area (Å²) in [6.45, 7) is 2.48. The van der Waals surface area contributed by atoms with E-state index in [0.29, 0.717) is 6.07 Å². The Hall–Kier alpha value is -1.66. The van der Waals surface area contributed by atoms with E-state index in [-0.39, 0.29) is 5.30 Å². The molecule has 148 valence electrons. The van der Waals surface area contributed by atoms with Gasteiger partial charge in [0.2, 0.25) is 0 Å².